The molecular weight excluding hydrogens is 724 g/mol. The lowest BCUT2D eigenvalue weighted by Crippen LogP contribution is -2.70. The smallest absolute Gasteiger partial charge is 0.335 e. The fourth-order valence-electron chi connectivity index (χ4n) is 14.0. The van der Waals surface area contributed by atoms with Crippen molar-refractivity contribution >= 4 is 11.9 Å². The van der Waals surface area contributed by atoms with E-state index in [0.29, 0.717) is 12.8 Å². The molecule has 0 aromatic carbocycles. The van der Waals surface area contributed by atoms with Crippen molar-refractivity contribution in [2.75, 3.05) is 0 Å². The van der Waals surface area contributed by atoms with Gasteiger partial charge in [0.15, 0.2) is 18.7 Å². The van der Waals surface area contributed by atoms with Gasteiger partial charge in [0.2, 0.25) is 0 Å². The Morgan fingerprint density at radius 1 is 0.714 bits per heavy atom. The maximum absolute atomic E-state index is 13.1. The minimum Gasteiger partial charge on any atom is -0.481 e. The van der Waals surface area contributed by atoms with E-state index >= 15 is 0 Å². The van der Waals surface area contributed by atoms with Gasteiger partial charge in [-0.2, -0.15) is 0 Å². The zero-order valence-electron chi connectivity index (χ0n) is 34.7. The lowest BCUT2D eigenvalue weighted by atomic mass is 9.29. The maximum atomic E-state index is 13.1. The van der Waals surface area contributed by atoms with Gasteiger partial charge in [-0.05, 0) is 115 Å². The summed E-state index contributed by atoms with van der Waals surface area (Å²) in [6.07, 6.45) is -5.67. The van der Waals surface area contributed by atoms with Crippen LogP contribution in [0.25, 0.3) is 0 Å². The highest BCUT2D eigenvalue weighted by Gasteiger charge is 2.73. The van der Waals surface area contributed by atoms with Gasteiger partial charge < -0.3 is 54.7 Å². The Morgan fingerprint density at radius 2 is 1.36 bits per heavy atom. The predicted octanol–water partition coefficient (Wildman–Crippen LogP) is 4.39. The normalized spacial score (nSPS) is 53.7. The van der Waals surface area contributed by atoms with Crippen molar-refractivity contribution in [3.63, 3.8) is 0 Å². The Morgan fingerprint density at radius 3 is 2.00 bits per heavy atom. The number of aliphatic hydroxyl groups excluding tert-OH is 5. The first-order chi connectivity index (χ1) is 25.8. The number of ether oxygens (including phenoxy) is 4. The second-order valence-electron chi connectivity index (χ2n) is 21.3. The molecule has 5 aliphatic carbocycles. The van der Waals surface area contributed by atoms with Crippen molar-refractivity contribution in [2.45, 2.75) is 194 Å². The molecule has 13 nitrogen and oxygen atoms in total. The average molecular weight is 793 g/mol. The highest BCUT2D eigenvalue weighted by atomic mass is 16.7. The number of carboxylic acid groups (broad SMARTS) is 2. The summed E-state index contributed by atoms with van der Waals surface area (Å²) in [6, 6.07) is 0. The van der Waals surface area contributed by atoms with Crippen LogP contribution < -0.4 is 0 Å². The van der Waals surface area contributed by atoms with Crippen molar-refractivity contribution in [2.24, 2.45) is 49.7 Å². The molecule has 0 radical (unpaired) electrons. The zero-order chi connectivity index (χ0) is 41.3. The minimum absolute atomic E-state index is 0.0193. The van der Waals surface area contributed by atoms with E-state index in [-0.39, 0.29) is 38.9 Å². The number of allylic oxidation sites excluding steroid dienone is 2. The molecule has 18 unspecified atom stereocenters. The summed E-state index contributed by atoms with van der Waals surface area (Å²) in [5.74, 6) is -1.94. The number of fused-ring (bicyclic) bond motifs is 7. The second-order valence-corrected chi connectivity index (χ2v) is 21.3. The molecular formula is C43H68O13. The van der Waals surface area contributed by atoms with E-state index in [2.05, 4.69) is 61.5 Å². The van der Waals surface area contributed by atoms with Gasteiger partial charge >= 0.3 is 11.9 Å². The van der Waals surface area contributed by atoms with Crippen molar-refractivity contribution in [3.8, 4) is 0 Å². The van der Waals surface area contributed by atoms with Crippen LogP contribution in [0.15, 0.2) is 11.6 Å². The lowest BCUT2D eigenvalue weighted by molar-refractivity contribution is -0.364. The van der Waals surface area contributed by atoms with Crippen LogP contribution in [0.1, 0.15) is 127 Å². The standard InChI is InChI=1S/C43H68O13/c1-21-26(44)27(45)28(46)34(53-21)55-31-29(47)32(33(49)50)56-35(30(31)48)54-25-12-13-40(7)24(38(25,4)5)11-15-41(8)39(6)17-19-43(36(51)52)18-16-37(2,3)20-23(43)22(39)10-14-42(40,41)9/h10,21,23-32,34-35,44-48H,11-20H2,1-9H3,(H,49,50)(H,51,52). The fourth-order valence-corrected chi connectivity index (χ4v) is 14.0. The van der Waals surface area contributed by atoms with E-state index < -0.39 is 90.3 Å². The third-order valence-corrected chi connectivity index (χ3v) is 18.1. The van der Waals surface area contributed by atoms with Gasteiger partial charge in [0.25, 0.3) is 0 Å². The monoisotopic (exact) mass is 792 g/mol. The topological polar surface area (TPSA) is 213 Å². The molecule has 318 valence electrons. The van der Waals surface area contributed by atoms with Crippen LogP contribution in [0.4, 0.5) is 0 Å². The summed E-state index contributed by atoms with van der Waals surface area (Å²) < 4.78 is 23.7. The third-order valence-electron chi connectivity index (χ3n) is 18.1. The Labute approximate surface area is 331 Å². The van der Waals surface area contributed by atoms with Crippen molar-refractivity contribution in [1.29, 1.82) is 0 Å². The largest absolute Gasteiger partial charge is 0.481 e. The summed E-state index contributed by atoms with van der Waals surface area (Å²) in [7, 11) is 0. The quantitative estimate of drug-likeness (QED) is 0.147. The van der Waals surface area contributed by atoms with Gasteiger partial charge in [0.1, 0.15) is 36.6 Å². The Hall–Kier alpha value is -1.68. The zero-order valence-corrected chi connectivity index (χ0v) is 34.7. The van der Waals surface area contributed by atoms with Crippen LogP contribution in [0.5, 0.6) is 0 Å². The molecule has 0 amide bonds. The number of rotatable bonds is 6. The molecule has 6 fully saturated rings. The van der Waals surface area contributed by atoms with Gasteiger partial charge in [-0.1, -0.05) is 67.0 Å². The maximum Gasteiger partial charge on any atom is 0.335 e. The summed E-state index contributed by atoms with van der Waals surface area (Å²) in [5, 5.41) is 74.6. The van der Waals surface area contributed by atoms with Crippen molar-refractivity contribution < 1.29 is 64.3 Å². The molecule has 0 bridgehead atoms. The molecule has 7 rings (SSSR count). The summed E-state index contributed by atoms with van der Waals surface area (Å²) in [6.45, 7) is 20.2. The molecule has 7 aliphatic rings. The van der Waals surface area contributed by atoms with Crippen molar-refractivity contribution in [3.05, 3.63) is 11.6 Å². The van der Waals surface area contributed by atoms with Gasteiger partial charge in [-0.15, -0.1) is 0 Å². The van der Waals surface area contributed by atoms with Crippen LogP contribution in [0.2, 0.25) is 0 Å². The summed E-state index contributed by atoms with van der Waals surface area (Å²) >= 11 is 0. The first-order valence-electron chi connectivity index (χ1n) is 21.0. The number of aliphatic carboxylic acids is 2. The number of hydrogen-bond donors (Lipinski definition) is 7. The van der Waals surface area contributed by atoms with E-state index in [9.17, 15) is 45.3 Å². The number of carbonyl (C=O) groups is 2. The summed E-state index contributed by atoms with van der Waals surface area (Å²) in [5.41, 5.74) is -0.258. The molecule has 0 aromatic heterocycles. The third kappa shape index (κ3) is 5.79. The molecule has 18 atom stereocenters. The number of hydrogen-bond acceptors (Lipinski definition) is 11. The van der Waals surface area contributed by atoms with Crippen LogP contribution in [0, 0.1) is 49.7 Å². The van der Waals surface area contributed by atoms with Crippen LogP contribution in [0.3, 0.4) is 0 Å². The SMILES string of the molecule is CC1OC(OC2C(O)C(OC3CCC4(C)C(CCC5(C)C6(C)CCC7(C(=O)O)CCC(C)(C)CC7C6=CCC45C)C3(C)C)OC(C(=O)O)C2O)C(O)C(O)C1O. The molecule has 56 heavy (non-hydrogen) atoms. The number of carboxylic acids is 2. The fraction of sp³-hybridized carbons (Fsp3) is 0.907. The van der Waals surface area contributed by atoms with E-state index in [1.165, 1.54) is 12.5 Å². The van der Waals surface area contributed by atoms with Crippen LogP contribution >= 0.6 is 0 Å². The van der Waals surface area contributed by atoms with E-state index in [0.717, 1.165) is 51.4 Å². The summed E-state index contributed by atoms with van der Waals surface area (Å²) in [4.78, 5) is 25.4. The molecule has 2 aliphatic heterocycles. The Balaban J connectivity index is 1.15. The van der Waals surface area contributed by atoms with E-state index in [4.69, 9.17) is 18.9 Å². The average Bonchev–Trinajstić information content (AvgIpc) is 3.11. The van der Waals surface area contributed by atoms with Gasteiger partial charge in [0.05, 0.1) is 17.6 Å². The molecule has 7 N–H and O–H groups in total. The second kappa shape index (κ2) is 13.7. The van der Waals surface area contributed by atoms with Gasteiger partial charge in [0, 0.05) is 0 Å². The van der Waals surface area contributed by atoms with Crippen molar-refractivity contribution in [1.82, 2.24) is 0 Å². The van der Waals surface area contributed by atoms with E-state index in [1.54, 1.807) is 0 Å². The molecule has 2 heterocycles. The van der Waals surface area contributed by atoms with Crippen LogP contribution in [-0.4, -0.2) is 115 Å². The van der Waals surface area contributed by atoms with Gasteiger partial charge in [-0.25, -0.2) is 4.79 Å². The van der Waals surface area contributed by atoms with Crippen LogP contribution in [-0.2, 0) is 28.5 Å². The first kappa shape index (κ1) is 42.4. The lowest BCUT2D eigenvalue weighted by Gasteiger charge is -2.75. The minimum atomic E-state index is -1.87. The first-order valence-corrected chi connectivity index (χ1v) is 21.0. The molecule has 4 saturated carbocycles. The molecule has 2 saturated heterocycles. The Bertz CT molecular complexity index is 1600. The molecule has 0 spiro atoms. The highest BCUT2D eigenvalue weighted by Crippen LogP contribution is 2.80. The predicted molar refractivity (Wildman–Crippen MR) is 202 cm³/mol. The Kier molecular flexibility index (Phi) is 10.4. The van der Waals surface area contributed by atoms with E-state index in [1.807, 2.05) is 0 Å². The molecule has 0 aromatic rings. The number of aliphatic hydroxyl groups is 5. The highest BCUT2D eigenvalue weighted by molar-refractivity contribution is 5.76. The van der Waals surface area contributed by atoms with Gasteiger partial charge in [-0.3, -0.25) is 4.79 Å². The molecule has 13 heteroatoms.